The average molecular weight is 339 g/mol. The first kappa shape index (κ1) is 18.2. The molecule has 0 saturated heterocycles. The van der Waals surface area contributed by atoms with E-state index in [-0.39, 0.29) is 22.7 Å². The molecule has 8 heteroatoms. The Morgan fingerprint density at radius 2 is 2.05 bits per heavy atom. The van der Waals surface area contributed by atoms with Crippen LogP contribution < -0.4 is 10.5 Å². The molecule has 1 aromatic carbocycles. The van der Waals surface area contributed by atoms with E-state index in [4.69, 9.17) is 22.1 Å². The molecule has 0 saturated carbocycles. The molecule has 0 unspecified atom stereocenters. The summed E-state index contributed by atoms with van der Waals surface area (Å²) in [7, 11) is -2.45. The Balaban J connectivity index is 2.93. The highest BCUT2D eigenvalue weighted by molar-refractivity contribution is 7.89. The van der Waals surface area contributed by atoms with Crippen molar-refractivity contribution < 1.29 is 17.5 Å². The molecule has 0 atom stereocenters. The molecule has 0 radical (unpaired) electrons. The normalized spacial score (nSPS) is 12.6. The lowest BCUT2D eigenvalue weighted by Gasteiger charge is -2.24. The van der Waals surface area contributed by atoms with E-state index in [2.05, 4.69) is 4.72 Å². The average Bonchev–Trinajstić information content (AvgIpc) is 2.38. The molecule has 0 aromatic heterocycles. The highest BCUT2D eigenvalue weighted by Gasteiger charge is 2.25. The summed E-state index contributed by atoms with van der Waals surface area (Å²) in [6.07, 6.45) is 0.659. The number of hydrogen-bond acceptors (Lipinski definition) is 4. The van der Waals surface area contributed by atoms with E-state index in [1.54, 1.807) is 7.11 Å². The lowest BCUT2D eigenvalue weighted by molar-refractivity contribution is 0.153. The number of nitrogens with one attached hydrogen (secondary N) is 1. The van der Waals surface area contributed by atoms with Crippen molar-refractivity contribution in [3.8, 4) is 0 Å². The highest BCUT2D eigenvalue weighted by atomic mass is 35.5. The first-order valence-electron chi connectivity index (χ1n) is 6.32. The van der Waals surface area contributed by atoms with Crippen molar-refractivity contribution >= 4 is 27.3 Å². The summed E-state index contributed by atoms with van der Waals surface area (Å²) in [6, 6.07) is 2.20. The maximum absolute atomic E-state index is 13.9. The molecule has 0 spiro atoms. The molecule has 0 bridgehead atoms. The third-order valence-electron chi connectivity index (χ3n) is 3.05. The summed E-state index contributed by atoms with van der Waals surface area (Å²) < 4.78 is 45.6. The maximum atomic E-state index is 13.9. The van der Waals surface area contributed by atoms with Gasteiger partial charge in [0, 0.05) is 25.3 Å². The summed E-state index contributed by atoms with van der Waals surface area (Å²) in [5, 5.41) is 0.0629. The van der Waals surface area contributed by atoms with E-state index in [1.807, 2.05) is 13.8 Å². The largest absolute Gasteiger partial charge is 0.396 e. The summed E-state index contributed by atoms with van der Waals surface area (Å²) in [4.78, 5) is -0.546. The molecule has 1 rings (SSSR count). The Labute approximate surface area is 129 Å². The highest BCUT2D eigenvalue weighted by Crippen LogP contribution is 2.26. The number of rotatable bonds is 7. The van der Waals surface area contributed by atoms with Crippen LogP contribution in [0.4, 0.5) is 10.1 Å². The van der Waals surface area contributed by atoms with Crippen LogP contribution >= 0.6 is 11.6 Å². The van der Waals surface area contributed by atoms with Gasteiger partial charge in [-0.1, -0.05) is 25.4 Å². The molecule has 0 aliphatic heterocycles. The number of benzene rings is 1. The molecular formula is C13H20ClFN2O3S. The van der Waals surface area contributed by atoms with E-state index in [0.717, 1.165) is 6.07 Å². The predicted octanol–water partition coefficient (Wildman–Crippen LogP) is 2.40. The molecule has 0 fully saturated rings. The zero-order chi connectivity index (χ0) is 16.3. The van der Waals surface area contributed by atoms with Crippen LogP contribution in [0.5, 0.6) is 0 Å². The molecule has 120 valence electrons. The summed E-state index contributed by atoms with van der Waals surface area (Å²) in [5.41, 5.74) is 4.76. The number of sulfonamides is 1. The lowest BCUT2D eigenvalue weighted by atomic mass is 9.90. The fraction of sp³-hybridized carbons (Fsp3) is 0.538. The van der Waals surface area contributed by atoms with E-state index in [0.29, 0.717) is 13.0 Å². The van der Waals surface area contributed by atoms with Crippen LogP contribution in [0.15, 0.2) is 17.0 Å². The number of halogens is 2. The fourth-order valence-electron chi connectivity index (χ4n) is 1.61. The first-order valence-corrected chi connectivity index (χ1v) is 8.18. The minimum absolute atomic E-state index is 0.0629. The minimum atomic E-state index is -4.02. The topological polar surface area (TPSA) is 81.4 Å². The molecule has 0 aliphatic carbocycles. The zero-order valence-electron chi connectivity index (χ0n) is 12.2. The number of methoxy groups -OCH3 is 1. The summed E-state index contributed by atoms with van der Waals surface area (Å²) in [6.45, 7) is 4.42. The monoisotopic (exact) mass is 338 g/mol. The summed E-state index contributed by atoms with van der Waals surface area (Å²) >= 11 is 5.73. The minimum Gasteiger partial charge on any atom is -0.396 e. The van der Waals surface area contributed by atoms with Gasteiger partial charge in [0.15, 0.2) is 5.82 Å². The van der Waals surface area contributed by atoms with Crippen molar-refractivity contribution in [2.75, 3.05) is 26.0 Å². The van der Waals surface area contributed by atoms with Gasteiger partial charge in [0.25, 0.3) is 0 Å². The van der Waals surface area contributed by atoms with Gasteiger partial charge in [-0.25, -0.2) is 17.5 Å². The Morgan fingerprint density at radius 3 is 2.62 bits per heavy atom. The van der Waals surface area contributed by atoms with Crippen LogP contribution in [0.2, 0.25) is 5.02 Å². The number of hydrogen-bond donors (Lipinski definition) is 2. The van der Waals surface area contributed by atoms with Crippen LogP contribution in [0.1, 0.15) is 20.3 Å². The van der Waals surface area contributed by atoms with E-state index >= 15 is 0 Å². The Hall–Kier alpha value is -0.890. The van der Waals surface area contributed by atoms with E-state index < -0.39 is 20.7 Å². The number of ether oxygens (including phenoxy) is 1. The standard InChI is InChI=1S/C13H20ClFN2O3S/c1-13(2,4-5-20-3)8-17-21(18,19)11-7-9(14)6-10(16)12(11)15/h6-7,17H,4-5,8,16H2,1-3H3. The van der Waals surface area contributed by atoms with Crippen molar-refractivity contribution in [3.63, 3.8) is 0 Å². The molecule has 0 amide bonds. The van der Waals surface area contributed by atoms with E-state index in [1.165, 1.54) is 6.07 Å². The van der Waals surface area contributed by atoms with Crippen LogP contribution in [-0.4, -0.2) is 28.7 Å². The van der Waals surface area contributed by atoms with Crippen molar-refractivity contribution in [3.05, 3.63) is 23.0 Å². The third kappa shape index (κ3) is 5.10. The Bertz CT molecular complexity index is 606. The van der Waals surface area contributed by atoms with Crippen LogP contribution in [0.3, 0.4) is 0 Å². The Kier molecular flexibility index (Phi) is 5.98. The van der Waals surface area contributed by atoms with Crippen LogP contribution in [0.25, 0.3) is 0 Å². The van der Waals surface area contributed by atoms with Crippen LogP contribution in [-0.2, 0) is 14.8 Å². The maximum Gasteiger partial charge on any atom is 0.243 e. The summed E-state index contributed by atoms with van der Waals surface area (Å²) in [5.74, 6) is -0.999. The van der Waals surface area contributed by atoms with Gasteiger partial charge in [0.05, 0.1) is 5.69 Å². The van der Waals surface area contributed by atoms with Gasteiger partial charge < -0.3 is 10.5 Å². The van der Waals surface area contributed by atoms with Gasteiger partial charge in [-0.05, 0) is 24.0 Å². The number of nitrogen functional groups attached to an aromatic ring is 1. The van der Waals surface area contributed by atoms with Crippen molar-refractivity contribution in [2.24, 2.45) is 5.41 Å². The fourth-order valence-corrected chi connectivity index (χ4v) is 3.28. The molecule has 1 aromatic rings. The smallest absolute Gasteiger partial charge is 0.243 e. The second-order valence-electron chi connectivity index (χ2n) is 5.54. The number of anilines is 1. The van der Waals surface area contributed by atoms with Gasteiger partial charge in [0.1, 0.15) is 4.90 Å². The van der Waals surface area contributed by atoms with Crippen molar-refractivity contribution in [1.82, 2.24) is 4.72 Å². The quantitative estimate of drug-likeness (QED) is 0.748. The lowest BCUT2D eigenvalue weighted by Crippen LogP contribution is -2.35. The van der Waals surface area contributed by atoms with Crippen molar-refractivity contribution in [2.45, 2.75) is 25.2 Å². The van der Waals surface area contributed by atoms with Crippen LogP contribution in [0, 0.1) is 11.2 Å². The first-order chi connectivity index (χ1) is 9.59. The molecule has 0 aliphatic rings. The van der Waals surface area contributed by atoms with Gasteiger partial charge in [-0.15, -0.1) is 0 Å². The van der Waals surface area contributed by atoms with Gasteiger partial charge in [0.2, 0.25) is 10.0 Å². The third-order valence-corrected chi connectivity index (χ3v) is 4.66. The van der Waals surface area contributed by atoms with Gasteiger partial charge in [-0.2, -0.15) is 0 Å². The van der Waals surface area contributed by atoms with Gasteiger partial charge >= 0.3 is 0 Å². The van der Waals surface area contributed by atoms with E-state index in [9.17, 15) is 12.8 Å². The second kappa shape index (κ2) is 6.91. The zero-order valence-corrected chi connectivity index (χ0v) is 13.8. The SMILES string of the molecule is COCCC(C)(C)CNS(=O)(=O)c1cc(Cl)cc(N)c1F. The second-order valence-corrected chi connectivity index (χ2v) is 7.71. The van der Waals surface area contributed by atoms with Gasteiger partial charge in [-0.3, -0.25) is 0 Å². The van der Waals surface area contributed by atoms with Crippen molar-refractivity contribution in [1.29, 1.82) is 0 Å². The molecular weight excluding hydrogens is 319 g/mol. The molecule has 3 N–H and O–H groups in total. The Morgan fingerprint density at radius 1 is 1.43 bits per heavy atom. The molecule has 21 heavy (non-hydrogen) atoms. The molecule has 0 heterocycles. The molecule has 5 nitrogen and oxygen atoms in total. The predicted molar refractivity (Wildman–Crippen MR) is 81.3 cm³/mol. The number of nitrogens with two attached hydrogens (primary N) is 1.